The Labute approximate surface area is 277 Å². The van der Waals surface area contributed by atoms with Gasteiger partial charge in [-0.2, -0.15) is 0 Å². The van der Waals surface area contributed by atoms with Gasteiger partial charge in [0, 0.05) is 50.0 Å². The molecule has 2 aromatic carbocycles. The number of carbonyl (C=O) groups is 4. The van der Waals surface area contributed by atoms with Crippen molar-refractivity contribution in [3.8, 4) is 23.0 Å². The molecule has 4 rings (SSSR count). The number of fused-ring (bicyclic) bond motifs is 2. The molecule has 250 valence electrons. The summed E-state index contributed by atoms with van der Waals surface area (Å²) in [5, 5.41) is 18.9. The second kappa shape index (κ2) is 14.7. The van der Waals surface area contributed by atoms with E-state index in [9.17, 15) is 24.3 Å². The van der Waals surface area contributed by atoms with Crippen LogP contribution in [0.25, 0.3) is 0 Å². The molecule has 46 heavy (non-hydrogen) atoms. The van der Waals surface area contributed by atoms with E-state index in [0.717, 1.165) is 11.1 Å². The van der Waals surface area contributed by atoms with Gasteiger partial charge in [-0.3, -0.25) is 19.2 Å². The molecule has 2 aromatic rings. The molecule has 0 radical (unpaired) electrons. The maximum atomic E-state index is 12.9. The molecule has 0 saturated heterocycles. The lowest BCUT2D eigenvalue weighted by atomic mass is 10.0. The molecule has 14 heteroatoms. The number of amides is 2. The number of aliphatic carboxylic acids is 2. The quantitative estimate of drug-likeness (QED) is 0.251. The van der Waals surface area contributed by atoms with Gasteiger partial charge in [-0.1, -0.05) is 37.0 Å². The van der Waals surface area contributed by atoms with Crippen LogP contribution in [0.4, 0.5) is 0 Å². The first kappa shape index (κ1) is 35.0. The van der Waals surface area contributed by atoms with Gasteiger partial charge in [0.15, 0.2) is 23.0 Å². The van der Waals surface area contributed by atoms with Crippen molar-refractivity contribution in [2.75, 3.05) is 27.4 Å². The van der Waals surface area contributed by atoms with Crippen LogP contribution in [0, 0.1) is 11.8 Å². The summed E-state index contributed by atoms with van der Waals surface area (Å²) in [6.45, 7) is 6.12. The topological polar surface area (TPSA) is 152 Å². The Hall–Kier alpha value is -3.90. The molecule has 1 unspecified atom stereocenters. The van der Waals surface area contributed by atoms with Crippen molar-refractivity contribution in [1.29, 1.82) is 0 Å². The number of nitrogens with zero attached hydrogens (tertiary/aromatic N) is 2. The maximum Gasteiger partial charge on any atom is 0.306 e. The van der Waals surface area contributed by atoms with Crippen LogP contribution in [0.15, 0.2) is 12.1 Å². The number of hydrogen-bond donors (Lipinski definition) is 2. The molecule has 0 saturated carbocycles. The standard InChI is InChI=1S/C32H38Cl2N2O10/c1-16(31(39)40)9-24(37)35-13-19-11-22(43-4)23(12-20(19)14-35)45-7-6-8-46-30-28(34)26-18(3)36(25(38)10-17(2)32(41)42)15-21(26)27(33)29(30)44-5/h11-12,16-18H,6-10,13-15H2,1-5H3,(H,39,40)(H,41,42)/t16-,17-,18?/m0/s1. The zero-order chi connectivity index (χ0) is 33.9. The first-order valence-corrected chi connectivity index (χ1v) is 15.6. The molecule has 0 aromatic heterocycles. The number of carboxylic acids is 2. The Morgan fingerprint density at radius 3 is 1.96 bits per heavy atom. The lowest BCUT2D eigenvalue weighted by molar-refractivity contribution is -0.146. The highest BCUT2D eigenvalue weighted by atomic mass is 35.5. The van der Waals surface area contributed by atoms with Gasteiger partial charge in [-0.15, -0.1) is 0 Å². The van der Waals surface area contributed by atoms with Crippen LogP contribution < -0.4 is 18.9 Å². The summed E-state index contributed by atoms with van der Waals surface area (Å²) in [5.74, 6) is -2.72. The summed E-state index contributed by atoms with van der Waals surface area (Å²) in [6, 6.07) is 3.20. The van der Waals surface area contributed by atoms with Gasteiger partial charge in [0.25, 0.3) is 0 Å². The van der Waals surface area contributed by atoms with Crippen molar-refractivity contribution in [2.24, 2.45) is 11.8 Å². The minimum atomic E-state index is -1.05. The van der Waals surface area contributed by atoms with Crippen molar-refractivity contribution < 1.29 is 48.3 Å². The molecular formula is C32H38Cl2N2O10. The Kier molecular flexibility index (Phi) is 11.2. The number of carboxylic acid groups (broad SMARTS) is 2. The van der Waals surface area contributed by atoms with E-state index in [2.05, 4.69) is 0 Å². The molecule has 2 N–H and O–H groups in total. The van der Waals surface area contributed by atoms with Gasteiger partial charge in [-0.05, 0) is 30.2 Å². The molecule has 0 spiro atoms. The van der Waals surface area contributed by atoms with Gasteiger partial charge in [0.1, 0.15) is 0 Å². The predicted molar refractivity (Wildman–Crippen MR) is 168 cm³/mol. The largest absolute Gasteiger partial charge is 0.493 e. The van der Waals surface area contributed by atoms with Crippen molar-refractivity contribution in [2.45, 2.75) is 65.7 Å². The second-order valence-electron chi connectivity index (χ2n) is 11.5. The molecule has 0 aliphatic carbocycles. The Morgan fingerprint density at radius 2 is 1.39 bits per heavy atom. The number of hydrogen-bond acceptors (Lipinski definition) is 8. The van der Waals surface area contributed by atoms with Crippen LogP contribution in [-0.4, -0.2) is 71.2 Å². The number of methoxy groups -OCH3 is 2. The van der Waals surface area contributed by atoms with E-state index in [-0.39, 0.29) is 66.0 Å². The first-order valence-electron chi connectivity index (χ1n) is 14.8. The molecule has 3 atom stereocenters. The van der Waals surface area contributed by atoms with E-state index < -0.39 is 29.8 Å². The number of halogens is 2. The summed E-state index contributed by atoms with van der Waals surface area (Å²) in [4.78, 5) is 51.2. The Balaban J connectivity index is 1.39. The molecule has 0 bridgehead atoms. The zero-order valence-corrected chi connectivity index (χ0v) is 27.9. The summed E-state index contributed by atoms with van der Waals surface area (Å²) in [6.07, 6.45) is 0.218. The number of rotatable bonds is 14. The van der Waals surface area contributed by atoms with Crippen LogP contribution in [-0.2, 0) is 38.8 Å². The average molecular weight is 682 g/mol. The fraction of sp³-hybridized carbons (Fsp3) is 0.500. The highest BCUT2D eigenvalue weighted by Gasteiger charge is 2.38. The Morgan fingerprint density at radius 1 is 0.826 bits per heavy atom. The molecule has 0 fully saturated rings. The molecular weight excluding hydrogens is 643 g/mol. The maximum absolute atomic E-state index is 12.9. The van der Waals surface area contributed by atoms with E-state index in [0.29, 0.717) is 42.1 Å². The van der Waals surface area contributed by atoms with E-state index in [1.54, 1.807) is 16.7 Å². The third-order valence-electron chi connectivity index (χ3n) is 8.33. The van der Waals surface area contributed by atoms with Gasteiger partial charge >= 0.3 is 11.9 Å². The SMILES string of the molecule is COc1cc2c(cc1OCCCOc1c(Cl)c3c(c(Cl)c1OC)CN(C(=O)C[C@H](C)C(=O)O)C3C)CN(C(=O)C[C@H](C)C(=O)O)C2. The normalized spacial score (nSPS) is 16.4. The molecule has 2 heterocycles. The van der Waals surface area contributed by atoms with E-state index in [4.69, 9.17) is 47.3 Å². The van der Waals surface area contributed by atoms with Crippen LogP contribution in [0.5, 0.6) is 23.0 Å². The van der Waals surface area contributed by atoms with Gasteiger partial charge in [0.2, 0.25) is 11.8 Å². The van der Waals surface area contributed by atoms with Crippen LogP contribution in [0.2, 0.25) is 10.0 Å². The van der Waals surface area contributed by atoms with Crippen molar-refractivity contribution in [1.82, 2.24) is 9.80 Å². The molecule has 2 amide bonds. The number of benzene rings is 2. The number of carbonyl (C=O) groups excluding carboxylic acids is 2. The van der Waals surface area contributed by atoms with Gasteiger partial charge in [-0.25, -0.2) is 0 Å². The van der Waals surface area contributed by atoms with Crippen LogP contribution in [0.3, 0.4) is 0 Å². The van der Waals surface area contributed by atoms with Crippen LogP contribution >= 0.6 is 23.2 Å². The monoisotopic (exact) mass is 680 g/mol. The van der Waals surface area contributed by atoms with Crippen molar-refractivity contribution in [3.05, 3.63) is 44.4 Å². The Bertz CT molecular complexity index is 1530. The molecule has 2 aliphatic heterocycles. The highest BCUT2D eigenvalue weighted by Crippen LogP contribution is 2.52. The van der Waals surface area contributed by atoms with E-state index >= 15 is 0 Å². The smallest absolute Gasteiger partial charge is 0.306 e. The highest BCUT2D eigenvalue weighted by molar-refractivity contribution is 6.37. The van der Waals surface area contributed by atoms with Gasteiger partial charge in [0.05, 0.1) is 55.4 Å². The summed E-state index contributed by atoms with van der Waals surface area (Å²) in [5.41, 5.74) is 3.06. The van der Waals surface area contributed by atoms with Crippen molar-refractivity contribution in [3.63, 3.8) is 0 Å². The lowest BCUT2D eigenvalue weighted by Gasteiger charge is -2.23. The average Bonchev–Trinajstić information content (AvgIpc) is 3.59. The van der Waals surface area contributed by atoms with E-state index in [1.165, 1.54) is 28.1 Å². The summed E-state index contributed by atoms with van der Waals surface area (Å²) < 4.78 is 23.1. The van der Waals surface area contributed by atoms with Gasteiger partial charge < -0.3 is 39.0 Å². The van der Waals surface area contributed by atoms with Crippen LogP contribution in [0.1, 0.15) is 68.3 Å². The minimum Gasteiger partial charge on any atom is -0.493 e. The molecule has 2 aliphatic rings. The summed E-state index contributed by atoms with van der Waals surface area (Å²) in [7, 11) is 2.97. The van der Waals surface area contributed by atoms with E-state index in [1.807, 2.05) is 12.1 Å². The lowest BCUT2D eigenvalue weighted by Crippen LogP contribution is -2.30. The molecule has 12 nitrogen and oxygen atoms in total. The fourth-order valence-electron chi connectivity index (χ4n) is 5.59. The zero-order valence-electron chi connectivity index (χ0n) is 26.4. The van der Waals surface area contributed by atoms with Crippen molar-refractivity contribution >= 4 is 47.0 Å². The third-order valence-corrected chi connectivity index (χ3v) is 9.10. The fourth-order valence-corrected chi connectivity index (χ4v) is 6.33. The predicted octanol–water partition coefficient (Wildman–Crippen LogP) is 5.33. The first-order chi connectivity index (χ1) is 21.8. The third kappa shape index (κ3) is 7.23. The minimum absolute atomic E-state index is 0.0740. The second-order valence-corrected chi connectivity index (χ2v) is 12.3. The summed E-state index contributed by atoms with van der Waals surface area (Å²) >= 11 is 13.5. The number of ether oxygens (including phenoxy) is 4.